The first-order valence-electron chi connectivity index (χ1n) is 10.4. The van der Waals surface area contributed by atoms with E-state index in [0.717, 1.165) is 19.1 Å². The summed E-state index contributed by atoms with van der Waals surface area (Å²) in [5.74, 6) is -2.49. The first-order chi connectivity index (χ1) is 16.6. The van der Waals surface area contributed by atoms with Crippen LogP contribution in [0.3, 0.4) is 0 Å². The quantitative estimate of drug-likeness (QED) is 0.268. The van der Waals surface area contributed by atoms with Gasteiger partial charge in [-0.1, -0.05) is 0 Å². The molecule has 0 bridgehead atoms. The van der Waals surface area contributed by atoms with E-state index in [4.69, 9.17) is 18.6 Å². The molecule has 1 aliphatic heterocycles. The van der Waals surface area contributed by atoms with Crippen LogP contribution in [0.2, 0.25) is 0 Å². The van der Waals surface area contributed by atoms with Crippen LogP contribution in [0.25, 0.3) is 22.3 Å². The first-order valence-corrected chi connectivity index (χ1v) is 10.4. The van der Waals surface area contributed by atoms with Gasteiger partial charge in [0.1, 0.15) is 59.2 Å². The van der Waals surface area contributed by atoms with Gasteiger partial charge in [0.25, 0.3) is 0 Å². The number of carbonyl (C=O) groups excluding carboxylic acids is 1. The minimum absolute atomic E-state index is 0.0777. The zero-order valence-electron chi connectivity index (χ0n) is 18.2. The average Bonchev–Trinajstić information content (AvgIpc) is 2.80. The molecule has 186 valence electrons. The molecular weight excluding hydrogens is 468 g/mol. The topological polar surface area (TPSA) is 196 Å². The van der Waals surface area contributed by atoms with Crippen LogP contribution in [-0.4, -0.2) is 73.9 Å². The third-order valence-corrected chi connectivity index (χ3v) is 5.40. The van der Waals surface area contributed by atoms with Crippen molar-refractivity contribution in [2.45, 2.75) is 37.6 Å². The number of fused-ring (bicyclic) bond motifs is 1. The van der Waals surface area contributed by atoms with E-state index in [1.54, 1.807) is 0 Å². The summed E-state index contributed by atoms with van der Waals surface area (Å²) in [6.45, 7) is 0.653. The van der Waals surface area contributed by atoms with Crippen LogP contribution < -0.4 is 10.2 Å². The van der Waals surface area contributed by atoms with Gasteiger partial charge in [0.05, 0.1) is 0 Å². The van der Waals surface area contributed by atoms with Crippen molar-refractivity contribution < 1.29 is 54.1 Å². The largest absolute Gasteiger partial charge is 0.508 e. The predicted molar refractivity (Wildman–Crippen MR) is 117 cm³/mol. The molecule has 2 aromatic carbocycles. The third-order valence-electron chi connectivity index (χ3n) is 5.40. The number of phenolic OH excluding ortho intramolecular Hbond substituents is 3. The third kappa shape index (κ3) is 4.72. The zero-order valence-corrected chi connectivity index (χ0v) is 18.2. The molecule has 35 heavy (non-hydrogen) atoms. The van der Waals surface area contributed by atoms with Crippen molar-refractivity contribution in [2.75, 3.05) is 6.61 Å². The number of phenols is 3. The van der Waals surface area contributed by atoms with Crippen LogP contribution >= 0.6 is 0 Å². The Morgan fingerprint density at radius 3 is 2.31 bits per heavy atom. The lowest BCUT2D eigenvalue weighted by molar-refractivity contribution is -0.278. The van der Waals surface area contributed by atoms with E-state index in [-0.39, 0.29) is 33.8 Å². The van der Waals surface area contributed by atoms with Crippen molar-refractivity contribution in [2.24, 2.45) is 0 Å². The van der Waals surface area contributed by atoms with Gasteiger partial charge < -0.3 is 49.3 Å². The van der Waals surface area contributed by atoms with Gasteiger partial charge >= 0.3 is 5.97 Å². The summed E-state index contributed by atoms with van der Waals surface area (Å²) in [5, 5.41) is 60.2. The predicted octanol–water partition coefficient (Wildman–Crippen LogP) is 0.326. The van der Waals surface area contributed by atoms with Gasteiger partial charge in [-0.2, -0.15) is 0 Å². The van der Waals surface area contributed by atoms with Crippen LogP contribution in [0.1, 0.15) is 6.92 Å². The highest BCUT2D eigenvalue weighted by molar-refractivity contribution is 5.88. The van der Waals surface area contributed by atoms with Gasteiger partial charge in [0.2, 0.25) is 17.5 Å². The minimum atomic E-state index is -1.84. The fourth-order valence-corrected chi connectivity index (χ4v) is 3.65. The minimum Gasteiger partial charge on any atom is -0.508 e. The number of hydrogen-bond donors (Lipinski definition) is 6. The Morgan fingerprint density at radius 1 is 0.971 bits per heavy atom. The van der Waals surface area contributed by atoms with Gasteiger partial charge in [0.15, 0.2) is 5.76 Å². The molecule has 0 unspecified atom stereocenters. The molecule has 6 N–H and O–H groups in total. The smallest absolute Gasteiger partial charge is 0.302 e. The van der Waals surface area contributed by atoms with Crippen molar-refractivity contribution in [3.05, 3.63) is 46.6 Å². The number of rotatable bonds is 5. The van der Waals surface area contributed by atoms with Crippen LogP contribution in [0.5, 0.6) is 23.0 Å². The molecule has 1 saturated heterocycles. The number of aromatic hydroxyl groups is 3. The number of hydrogen-bond acceptors (Lipinski definition) is 12. The van der Waals surface area contributed by atoms with Crippen LogP contribution in [-0.2, 0) is 14.3 Å². The summed E-state index contributed by atoms with van der Waals surface area (Å²) in [5.41, 5.74) is -0.849. The summed E-state index contributed by atoms with van der Waals surface area (Å²) < 4.78 is 21.7. The van der Waals surface area contributed by atoms with Crippen molar-refractivity contribution in [1.82, 2.24) is 0 Å². The van der Waals surface area contributed by atoms with E-state index < -0.39 is 60.2 Å². The second-order valence-electron chi connectivity index (χ2n) is 7.91. The molecule has 12 nitrogen and oxygen atoms in total. The second kappa shape index (κ2) is 9.43. The van der Waals surface area contributed by atoms with Crippen molar-refractivity contribution in [1.29, 1.82) is 0 Å². The number of ether oxygens (including phenoxy) is 3. The molecule has 1 aromatic heterocycles. The van der Waals surface area contributed by atoms with Gasteiger partial charge in [-0.05, 0) is 24.3 Å². The summed E-state index contributed by atoms with van der Waals surface area (Å²) >= 11 is 0. The molecule has 0 radical (unpaired) electrons. The molecule has 0 aliphatic carbocycles. The van der Waals surface area contributed by atoms with E-state index in [2.05, 4.69) is 0 Å². The molecule has 12 heteroatoms. The maximum atomic E-state index is 13.4. The van der Waals surface area contributed by atoms with Crippen molar-refractivity contribution in [3.8, 4) is 34.3 Å². The second-order valence-corrected chi connectivity index (χ2v) is 7.91. The van der Waals surface area contributed by atoms with E-state index in [0.29, 0.717) is 0 Å². The van der Waals surface area contributed by atoms with E-state index >= 15 is 0 Å². The summed E-state index contributed by atoms with van der Waals surface area (Å²) in [6, 6.07) is 7.44. The van der Waals surface area contributed by atoms with Gasteiger partial charge in [-0.15, -0.1) is 0 Å². The van der Waals surface area contributed by atoms with E-state index in [1.165, 1.54) is 24.3 Å². The fourth-order valence-electron chi connectivity index (χ4n) is 3.65. The van der Waals surface area contributed by atoms with Crippen molar-refractivity contribution in [3.63, 3.8) is 0 Å². The summed E-state index contributed by atoms with van der Waals surface area (Å²) in [6.07, 6.45) is -8.30. The standard InChI is InChI=1S/C23H22O12/c1-9(24)32-8-15-17(28)19(30)20(31)23(34-15)35-22-18(29)16-13(27)6-12(26)7-14(16)33-21(22)10-2-4-11(25)5-3-10/h2-7,15,17,19-20,23,25-28,30-31H,8H2,1H3/t15-,17-,19+,20-,23+/m1/s1. The highest BCUT2D eigenvalue weighted by Gasteiger charge is 2.46. The van der Waals surface area contributed by atoms with Crippen LogP contribution in [0, 0.1) is 0 Å². The molecule has 2 heterocycles. The Balaban J connectivity index is 1.81. The van der Waals surface area contributed by atoms with Gasteiger partial charge in [-0.3, -0.25) is 9.59 Å². The Kier molecular flexibility index (Phi) is 6.54. The zero-order chi connectivity index (χ0) is 25.4. The Hall–Kier alpha value is -3.84. The van der Waals surface area contributed by atoms with Crippen molar-refractivity contribution >= 4 is 16.9 Å². The van der Waals surface area contributed by atoms with Crippen LogP contribution in [0.4, 0.5) is 0 Å². The Morgan fingerprint density at radius 2 is 1.66 bits per heavy atom. The van der Waals surface area contributed by atoms with Crippen LogP contribution in [0.15, 0.2) is 45.6 Å². The lowest BCUT2D eigenvalue weighted by Crippen LogP contribution is -2.60. The average molecular weight is 490 g/mol. The maximum absolute atomic E-state index is 13.4. The molecule has 1 fully saturated rings. The van der Waals surface area contributed by atoms with Gasteiger partial charge in [0, 0.05) is 24.6 Å². The highest BCUT2D eigenvalue weighted by atomic mass is 16.7. The normalized spacial score (nSPS) is 24.3. The lowest BCUT2D eigenvalue weighted by Gasteiger charge is -2.39. The molecule has 5 atom stereocenters. The maximum Gasteiger partial charge on any atom is 0.302 e. The molecule has 1 aliphatic rings. The number of benzene rings is 2. The Labute approximate surface area is 196 Å². The van der Waals surface area contributed by atoms with E-state index in [9.17, 15) is 40.2 Å². The molecule has 0 amide bonds. The van der Waals surface area contributed by atoms with Gasteiger partial charge in [-0.25, -0.2) is 0 Å². The molecular formula is C23H22O12. The molecule has 3 aromatic rings. The molecule has 0 spiro atoms. The number of esters is 1. The number of carbonyl (C=O) groups is 1. The molecule has 0 saturated carbocycles. The summed E-state index contributed by atoms with van der Waals surface area (Å²) in [4.78, 5) is 24.5. The highest BCUT2D eigenvalue weighted by Crippen LogP contribution is 2.37. The Bertz CT molecular complexity index is 1300. The first kappa shape index (κ1) is 24.3. The SMILES string of the molecule is CC(=O)OC[C@H]1O[C@@H](Oc2c(-c3ccc(O)cc3)oc3cc(O)cc(O)c3c2=O)[C@H](O)[C@@H](O)[C@@H]1O. The number of aliphatic hydroxyl groups is 3. The summed E-state index contributed by atoms with van der Waals surface area (Å²) in [7, 11) is 0. The number of aliphatic hydroxyl groups excluding tert-OH is 3. The fraction of sp³-hybridized carbons (Fsp3) is 0.304. The van der Waals surface area contributed by atoms with E-state index in [1.807, 2.05) is 0 Å². The lowest BCUT2D eigenvalue weighted by atomic mass is 9.99. The monoisotopic (exact) mass is 490 g/mol. The molecule has 4 rings (SSSR count).